The lowest BCUT2D eigenvalue weighted by atomic mass is 10.0. The summed E-state index contributed by atoms with van der Waals surface area (Å²) in [6, 6.07) is 12.6. The highest BCUT2D eigenvalue weighted by atomic mass is 32.2. The molecule has 0 aliphatic rings. The van der Waals surface area contributed by atoms with Gasteiger partial charge in [0.25, 0.3) is 11.8 Å². The fourth-order valence-electron chi connectivity index (χ4n) is 3.09. The standard InChI is InChI=1S/C22H23F2N3OS/c1-13-6-5-7-17(11-13)29-21-19(26-16(4)27-21)20(28)25-12-22(23,24)18-9-8-14(2)10-15(18)3/h5-11H,12H2,1-4H3,(H,25,28)(H,26,27). The van der Waals surface area contributed by atoms with Crippen LogP contribution in [0, 0.1) is 27.7 Å². The van der Waals surface area contributed by atoms with Gasteiger partial charge in [-0.2, -0.15) is 8.78 Å². The molecule has 0 unspecified atom stereocenters. The van der Waals surface area contributed by atoms with Crippen LogP contribution in [0.15, 0.2) is 52.4 Å². The van der Waals surface area contributed by atoms with Crippen LogP contribution in [0.3, 0.4) is 0 Å². The summed E-state index contributed by atoms with van der Waals surface area (Å²) in [5.74, 6) is -3.26. The Morgan fingerprint density at radius 2 is 1.83 bits per heavy atom. The molecule has 3 aromatic rings. The molecule has 0 aliphatic heterocycles. The summed E-state index contributed by atoms with van der Waals surface area (Å²) in [6.45, 7) is 6.40. The van der Waals surface area contributed by atoms with Gasteiger partial charge in [-0.15, -0.1) is 0 Å². The van der Waals surface area contributed by atoms with Gasteiger partial charge in [0.2, 0.25) is 0 Å². The lowest BCUT2D eigenvalue weighted by Gasteiger charge is -2.19. The van der Waals surface area contributed by atoms with E-state index in [1.807, 2.05) is 38.1 Å². The molecule has 1 amide bonds. The summed E-state index contributed by atoms with van der Waals surface area (Å²) >= 11 is 1.34. The zero-order valence-corrected chi connectivity index (χ0v) is 17.6. The van der Waals surface area contributed by atoms with E-state index in [0.717, 1.165) is 16.0 Å². The van der Waals surface area contributed by atoms with Crippen LogP contribution in [0.4, 0.5) is 8.78 Å². The number of nitrogens with zero attached hydrogens (tertiary/aromatic N) is 1. The van der Waals surface area contributed by atoms with E-state index in [4.69, 9.17) is 0 Å². The Balaban J connectivity index is 1.75. The van der Waals surface area contributed by atoms with E-state index in [-0.39, 0.29) is 11.3 Å². The van der Waals surface area contributed by atoms with Crippen LogP contribution >= 0.6 is 11.8 Å². The van der Waals surface area contributed by atoms with E-state index < -0.39 is 18.4 Å². The van der Waals surface area contributed by atoms with Gasteiger partial charge in [0.15, 0.2) is 5.69 Å². The predicted octanol–water partition coefficient (Wildman–Crippen LogP) is 5.32. The van der Waals surface area contributed by atoms with E-state index in [0.29, 0.717) is 16.4 Å². The van der Waals surface area contributed by atoms with Crippen molar-refractivity contribution < 1.29 is 13.6 Å². The van der Waals surface area contributed by atoms with Crippen LogP contribution in [0.2, 0.25) is 0 Å². The van der Waals surface area contributed by atoms with Crippen molar-refractivity contribution in [3.8, 4) is 0 Å². The van der Waals surface area contributed by atoms with E-state index >= 15 is 0 Å². The molecule has 0 spiro atoms. The molecule has 2 N–H and O–H groups in total. The Hall–Kier alpha value is -2.67. The fraction of sp³-hybridized carbons (Fsp3) is 0.273. The first kappa shape index (κ1) is 21.0. The number of aryl methyl sites for hydroxylation is 4. The molecule has 0 fully saturated rings. The van der Waals surface area contributed by atoms with Gasteiger partial charge in [0.05, 0.1) is 6.54 Å². The molecule has 7 heteroatoms. The van der Waals surface area contributed by atoms with Crippen LogP contribution in [-0.4, -0.2) is 22.4 Å². The van der Waals surface area contributed by atoms with Crippen molar-refractivity contribution in [2.24, 2.45) is 0 Å². The van der Waals surface area contributed by atoms with Gasteiger partial charge in [0.1, 0.15) is 10.9 Å². The zero-order valence-electron chi connectivity index (χ0n) is 16.8. The fourth-order valence-corrected chi connectivity index (χ4v) is 4.15. The molecule has 0 radical (unpaired) electrons. The number of nitrogens with one attached hydrogen (secondary N) is 2. The molecule has 0 saturated heterocycles. The predicted molar refractivity (Wildman–Crippen MR) is 111 cm³/mol. The maximum atomic E-state index is 14.7. The summed E-state index contributed by atoms with van der Waals surface area (Å²) in [5, 5.41) is 2.87. The lowest BCUT2D eigenvalue weighted by Crippen LogP contribution is -2.35. The Morgan fingerprint density at radius 3 is 2.52 bits per heavy atom. The highest BCUT2D eigenvalue weighted by molar-refractivity contribution is 7.99. The minimum Gasteiger partial charge on any atom is -0.344 e. The average molecular weight is 416 g/mol. The molecule has 29 heavy (non-hydrogen) atoms. The normalized spacial score (nSPS) is 11.5. The van der Waals surface area contributed by atoms with Crippen molar-refractivity contribution in [3.63, 3.8) is 0 Å². The van der Waals surface area contributed by atoms with Crippen molar-refractivity contribution >= 4 is 17.7 Å². The van der Waals surface area contributed by atoms with Gasteiger partial charge in [-0.1, -0.05) is 53.2 Å². The van der Waals surface area contributed by atoms with Crippen LogP contribution in [0.25, 0.3) is 0 Å². The Bertz CT molecular complexity index is 1050. The topological polar surface area (TPSA) is 57.8 Å². The molecule has 0 bridgehead atoms. The number of benzene rings is 2. The maximum Gasteiger partial charge on any atom is 0.290 e. The van der Waals surface area contributed by atoms with E-state index in [9.17, 15) is 13.6 Å². The molecular weight excluding hydrogens is 392 g/mol. The summed E-state index contributed by atoms with van der Waals surface area (Å²) in [5.41, 5.74) is 2.53. The SMILES string of the molecule is Cc1cccc(Sc2[nH]c(C)nc2C(=O)NCC(F)(F)c2ccc(C)cc2C)c1. The second-order valence-electron chi connectivity index (χ2n) is 7.12. The number of hydrogen-bond acceptors (Lipinski definition) is 3. The average Bonchev–Trinajstić information content (AvgIpc) is 2.99. The number of aromatic nitrogens is 2. The van der Waals surface area contributed by atoms with Gasteiger partial charge in [-0.3, -0.25) is 4.79 Å². The molecular formula is C22H23F2N3OS. The van der Waals surface area contributed by atoms with Crippen molar-refractivity contribution in [3.05, 3.63) is 76.2 Å². The van der Waals surface area contributed by atoms with Gasteiger partial charge in [-0.25, -0.2) is 4.98 Å². The monoisotopic (exact) mass is 415 g/mol. The van der Waals surface area contributed by atoms with Crippen LogP contribution < -0.4 is 5.32 Å². The maximum absolute atomic E-state index is 14.7. The highest BCUT2D eigenvalue weighted by Crippen LogP contribution is 2.32. The zero-order chi connectivity index (χ0) is 21.2. The van der Waals surface area contributed by atoms with Crippen molar-refractivity contribution in [2.45, 2.75) is 43.5 Å². The summed E-state index contributed by atoms with van der Waals surface area (Å²) in [4.78, 5) is 20.8. The Labute approximate surface area is 173 Å². The third kappa shape index (κ3) is 5.03. The van der Waals surface area contributed by atoms with Crippen molar-refractivity contribution in [1.29, 1.82) is 0 Å². The number of carbonyl (C=O) groups is 1. The number of H-pyrrole nitrogens is 1. The van der Waals surface area contributed by atoms with E-state index in [1.165, 1.54) is 17.8 Å². The van der Waals surface area contributed by atoms with Crippen LogP contribution in [0.5, 0.6) is 0 Å². The number of imidazole rings is 1. The Morgan fingerprint density at radius 1 is 1.10 bits per heavy atom. The van der Waals surface area contributed by atoms with Crippen LogP contribution in [0.1, 0.15) is 38.6 Å². The summed E-state index contributed by atoms with van der Waals surface area (Å²) < 4.78 is 29.3. The van der Waals surface area contributed by atoms with Gasteiger partial charge in [0, 0.05) is 10.5 Å². The number of alkyl halides is 2. The number of hydrogen-bond donors (Lipinski definition) is 2. The molecule has 152 valence electrons. The summed E-state index contributed by atoms with van der Waals surface area (Å²) in [7, 11) is 0. The molecule has 3 rings (SSSR count). The molecule has 0 aliphatic carbocycles. The number of amides is 1. The van der Waals surface area contributed by atoms with Crippen molar-refractivity contribution in [2.75, 3.05) is 6.54 Å². The van der Waals surface area contributed by atoms with Gasteiger partial charge >= 0.3 is 0 Å². The molecule has 1 aromatic heterocycles. The molecule has 1 heterocycles. The number of aromatic amines is 1. The quantitative estimate of drug-likeness (QED) is 0.573. The van der Waals surface area contributed by atoms with Crippen molar-refractivity contribution in [1.82, 2.24) is 15.3 Å². The van der Waals surface area contributed by atoms with E-state index in [2.05, 4.69) is 15.3 Å². The van der Waals surface area contributed by atoms with Gasteiger partial charge < -0.3 is 10.3 Å². The van der Waals surface area contributed by atoms with E-state index in [1.54, 1.807) is 26.0 Å². The second kappa shape index (κ2) is 8.37. The van der Waals surface area contributed by atoms with Crippen LogP contribution in [-0.2, 0) is 5.92 Å². The first-order valence-corrected chi connectivity index (χ1v) is 10.0. The molecule has 0 saturated carbocycles. The lowest BCUT2D eigenvalue weighted by molar-refractivity contribution is -0.00314. The first-order chi connectivity index (χ1) is 13.7. The highest BCUT2D eigenvalue weighted by Gasteiger charge is 2.34. The minimum atomic E-state index is -3.18. The van der Waals surface area contributed by atoms with Gasteiger partial charge in [-0.05, 0) is 45.4 Å². The smallest absolute Gasteiger partial charge is 0.290 e. The third-order valence-electron chi connectivity index (χ3n) is 4.46. The number of halogens is 2. The minimum absolute atomic E-state index is 0.0871. The molecule has 0 atom stereocenters. The number of rotatable bonds is 6. The summed E-state index contributed by atoms with van der Waals surface area (Å²) in [6.07, 6.45) is 0. The largest absolute Gasteiger partial charge is 0.344 e. The molecule has 2 aromatic carbocycles. The second-order valence-corrected chi connectivity index (χ2v) is 8.21. The number of carbonyl (C=O) groups excluding carboxylic acids is 1. The Kier molecular flexibility index (Phi) is 6.07. The first-order valence-electron chi connectivity index (χ1n) is 9.20. The third-order valence-corrected chi connectivity index (χ3v) is 5.45. The molecule has 4 nitrogen and oxygen atoms in total.